The molecular formula is C29H33N5O2. The first kappa shape index (κ1) is 24.0. The van der Waals surface area contributed by atoms with Gasteiger partial charge in [0.15, 0.2) is 0 Å². The van der Waals surface area contributed by atoms with E-state index in [2.05, 4.69) is 23.9 Å². The fraction of sp³-hybridized carbons (Fsp3) is 0.379. The molecule has 36 heavy (non-hydrogen) atoms. The SMILES string of the molecule is CCCCc1nc(N2CCCN(C(=O)c3ccc(CC)cc3)CC2)c2c(-c3ccccc3)noc2n1. The summed E-state index contributed by atoms with van der Waals surface area (Å²) in [5.74, 6) is 1.72. The normalized spacial score (nSPS) is 14.3. The van der Waals surface area contributed by atoms with Crippen LogP contribution in [-0.4, -0.2) is 52.1 Å². The van der Waals surface area contributed by atoms with E-state index in [0.29, 0.717) is 18.8 Å². The monoisotopic (exact) mass is 483 g/mol. The lowest BCUT2D eigenvalue weighted by Crippen LogP contribution is -2.35. The minimum absolute atomic E-state index is 0.0888. The molecule has 2 aromatic carbocycles. The van der Waals surface area contributed by atoms with Gasteiger partial charge in [0.1, 0.15) is 22.7 Å². The molecule has 0 aliphatic carbocycles. The Morgan fingerprint density at radius 2 is 1.75 bits per heavy atom. The number of hydrogen-bond acceptors (Lipinski definition) is 6. The van der Waals surface area contributed by atoms with Crippen LogP contribution >= 0.6 is 0 Å². The van der Waals surface area contributed by atoms with E-state index in [4.69, 9.17) is 14.5 Å². The summed E-state index contributed by atoms with van der Waals surface area (Å²) in [5, 5.41) is 5.24. The molecule has 186 valence electrons. The molecule has 1 saturated heterocycles. The van der Waals surface area contributed by atoms with Crippen LogP contribution in [-0.2, 0) is 12.8 Å². The second-order valence-electron chi connectivity index (χ2n) is 9.33. The second-order valence-corrected chi connectivity index (χ2v) is 9.33. The zero-order valence-corrected chi connectivity index (χ0v) is 21.1. The van der Waals surface area contributed by atoms with Crippen LogP contribution in [0.1, 0.15) is 54.9 Å². The van der Waals surface area contributed by atoms with Gasteiger partial charge in [-0.05, 0) is 37.0 Å². The summed E-state index contributed by atoms with van der Waals surface area (Å²) >= 11 is 0. The third-order valence-electron chi connectivity index (χ3n) is 6.86. The zero-order chi connectivity index (χ0) is 24.9. The van der Waals surface area contributed by atoms with E-state index in [1.807, 2.05) is 59.5 Å². The molecule has 0 N–H and O–H groups in total. The van der Waals surface area contributed by atoms with Gasteiger partial charge in [0.05, 0.1) is 0 Å². The molecule has 1 fully saturated rings. The van der Waals surface area contributed by atoms with Crippen molar-refractivity contribution < 1.29 is 9.32 Å². The number of aromatic nitrogens is 3. The predicted molar refractivity (Wildman–Crippen MR) is 142 cm³/mol. The maximum Gasteiger partial charge on any atom is 0.263 e. The van der Waals surface area contributed by atoms with Crippen molar-refractivity contribution in [3.8, 4) is 11.3 Å². The highest BCUT2D eigenvalue weighted by Crippen LogP contribution is 2.34. The number of carbonyl (C=O) groups excluding carboxylic acids is 1. The quantitative estimate of drug-likeness (QED) is 0.343. The molecule has 1 aliphatic heterocycles. The summed E-state index contributed by atoms with van der Waals surface area (Å²) in [4.78, 5) is 27.2. The van der Waals surface area contributed by atoms with E-state index >= 15 is 0 Å². The lowest BCUT2D eigenvalue weighted by molar-refractivity contribution is 0.0767. The number of aryl methyl sites for hydroxylation is 2. The van der Waals surface area contributed by atoms with Gasteiger partial charge in [-0.3, -0.25) is 4.79 Å². The Morgan fingerprint density at radius 3 is 2.50 bits per heavy atom. The van der Waals surface area contributed by atoms with Gasteiger partial charge in [0.25, 0.3) is 11.6 Å². The van der Waals surface area contributed by atoms with Gasteiger partial charge >= 0.3 is 0 Å². The molecule has 5 rings (SSSR count). The molecule has 1 aliphatic rings. The highest BCUT2D eigenvalue weighted by Gasteiger charge is 2.26. The van der Waals surface area contributed by atoms with Crippen LogP contribution in [0.5, 0.6) is 0 Å². The predicted octanol–water partition coefficient (Wildman–Crippen LogP) is 5.54. The highest BCUT2D eigenvalue weighted by atomic mass is 16.5. The first-order valence-electron chi connectivity index (χ1n) is 13.0. The smallest absolute Gasteiger partial charge is 0.263 e. The molecule has 0 atom stereocenters. The number of benzene rings is 2. The summed E-state index contributed by atoms with van der Waals surface area (Å²) in [6.45, 7) is 7.14. The first-order chi connectivity index (χ1) is 17.7. The maximum atomic E-state index is 13.2. The highest BCUT2D eigenvalue weighted by molar-refractivity contribution is 5.98. The Hall–Kier alpha value is -3.74. The number of anilines is 1. The number of nitrogens with zero attached hydrogens (tertiary/aromatic N) is 5. The average Bonchev–Trinajstić information content (AvgIpc) is 3.20. The molecule has 0 unspecified atom stereocenters. The van der Waals surface area contributed by atoms with E-state index < -0.39 is 0 Å². The molecule has 7 nitrogen and oxygen atoms in total. The molecule has 0 spiro atoms. The molecule has 0 radical (unpaired) electrons. The van der Waals surface area contributed by atoms with E-state index in [0.717, 1.165) is 79.0 Å². The molecular weight excluding hydrogens is 450 g/mol. The summed E-state index contributed by atoms with van der Waals surface area (Å²) < 4.78 is 5.73. The van der Waals surface area contributed by atoms with E-state index in [9.17, 15) is 4.79 Å². The zero-order valence-electron chi connectivity index (χ0n) is 21.1. The van der Waals surface area contributed by atoms with Gasteiger partial charge in [-0.15, -0.1) is 0 Å². The Morgan fingerprint density at radius 1 is 0.944 bits per heavy atom. The third-order valence-corrected chi connectivity index (χ3v) is 6.86. The van der Waals surface area contributed by atoms with Crippen LogP contribution < -0.4 is 4.90 Å². The van der Waals surface area contributed by atoms with Crippen LogP contribution in [0.3, 0.4) is 0 Å². The number of unbranched alkanes of at least 4 members (excludes halogenated alkanes) is 1. The molecule has 0 saturated carbocycles. The lowest BCUT2D eigenvalue weighted by atomic mass is 10.1. The van der Waals surface area contributed by atoms with Gasteiger partial charge in [-0.25, -0.2) is 4.98 Å². The summed E-state index contributed by atoms with van der Waals surface area (Å²) in [6.07, 6.45) is 4.72. The van der Waals surface area contributed by atoms with Crippen LogP contribution in [0, 0.1) is 0 Å². The van der Waals surface area contributed by atoms with E-state index in [1.54, 1.807) is 0 Å². The first-order valence-corrected chi connectivity index (χ1v) is 13.0. The number of rotatable bonds is 7. The maximum absolute atomic E-state index is 13.2. The van der Waals surface area contributed by atoms with Crippen LogP contribution in [0.2, 0.25) is 0 Å². The Labute approximate surface area is 212 Å². The van der Waals surface area contributed by atoms with Gasteiger partial charge in [-0.1, -0.05) is 67.9 Å². The van der Waals surface area contributed by atoms with Crippen LogP contribution in [0.4, 0.5) is 5.82 Å². The molecule has 2 aromatic heterocycles. The number of amides is 1. The fourth-order valence-electron chi connectivity index (χ4n) is 4.75. The summed E-state index contributed by atoms with van der Waals surface area (Å²) in [5.41, 5.74) is 4.25. The molecule has 4 aromatic rings. The van der Waals surface area contributed by atoms with Crippen molar-refractivity contribution in [1.82, 2.24) is 20.0 Å². The van der Waals surface area contributed by atoms with Crippen molar-refractivity contribution in [1.29, 1.82) is 0 Å². The standard InChI is InChI=1S/C29H33N5O2/c1-3-5-12-24-30-27(25-26(32-36-28(25)31-24)22-10-7-6-8-11-22)33-17-9-18-34(20-19-33)29(35)23-15-13-21(4-2)14-16-23/h6-8,10-11,13-16H,3-5,9,12,17-20H2,1-2H3. The lowest BCUT2D eigenvalue weighted by Gasteiger charge is -2.24. The van der Waals surface area contributed by atoms with Crippen molar-refractivity contribution in [2.24, 2.45) is 0 Å². The number of carbonyl (C=O) groups is 1. The topological polar surface area (TPSA) is 75.4 Å². The van der Waals surface area contributed by atoms with Gasteiger partial charge < -0.3 is 14.3 Å². The van der Waals surface area contributed by atoms with Gasteiger partial charge in [-0.2, -0.15) is 4.98 Å². The fourth-order valence-corrected chi connectivity index (χ4v) is 4.75. The van der Waals surface area contributed by atoms with Gasteiger partial charge in [0, 0.05) is 43.7 Å². The van der Waals surface area contributed by atoms with E-state index in [1.165, 1.54) is 5.56 Å². The van der Waals surface area contributed by atoms with Crippen LogP contribution in [0.15, 0.2) is 59.1 Å². The molecule has 0 bridgehead atoms. The minimum Gasteiger partial charge on any atom is -0.354 e. The largest absolute Gasteiger partial charge is 0.354 e. The van der Waals surface area contributed by atoms with Crippen molar-refractivity contribution in [3.05, 3.63) is 71.5 Å². The van der Waals surface area contributed by atoms with E-state index in [-0.39, 0.29) is 5.91 Å². The van der Waals surface area contributed by atoms with Gasteiger partial charge in [0.2, 0.25) is 0 Å². The Balaban J connectivity index is 1.45. The van der Waals surface area contributed by atoms with Crippen molar-refractivity contribution in [2.45, 2.75) is 46.0 Å². The van der Waals surface area contributed by atoms with Crippen LogP contribution in [0.25, 0.3) is 22.4 Å². The van der Waals surface area contributed by atoms with Crippen molar-refractivity contribution in [2.75, 3.05) is 31.1 Å². The second kappa shape index (κ2) is 10.9. The Kier molecular flexibility index (Phi) is 7.26. The molecule has 3 heterocycles. The summed E-state index contributed by atoms with van der Waals surface area (Å²) in [6, 6.07) is 18.0. The number of fused-ring (bicyclic) bond motifs is 1. The number of hydrogen-bond donors (Lipinski definition) is 0. The molecule has 1 amide bonds. The van der Waals surface area contributed by atoms with Crippen molar-refractivity contribution >= 4 is 22.8 Å². The average molecular weight is 484 g/mol. The molecule has 7 heteroatoms. The van der Waals surface area contributed by atoms with Crippen molar-refractivity contribution in [3.63, 3.8) is 0 Å². The minimum atomic E-state index is 0.0888. The third kappa shape index (κ3) is 4.96. The Bertz CT molecular complexity index is 1320. The summed E-state index contributed by atoms with van der Waals surface area (Å²) in [7, 11) is 0.